The number of benzene rings is 2. The molecule has 1 fully saturated rings. The van der Waals surface area contributed by atoms with Gasteiger partial charge in [0.1, 0.15) is 18.2 Å². The molecule has 0 unspecified atom stereocenters. The number of amides is 1. The Kier molecular flexibility index (Phi) is 6.29. The van der Waals surface area contributed by atoms with E-state index in [0.717, 1.165) is 22.0 Å². The quantitative estimate of drug-likeness (QED) is 0.677. The zero-order valence-corrected chi connectivity index (χ0v) is 16.1. The predicted octanol–water partition coefficient (Wildman–Crippen LogP) is 4.72. The van der Waals surface area contributed by atoms with Crippen molar-refractivity contribution in [2.45, 2.75) is 20.5 Å². The maximum Gasteiger partial charge on any atom is 0.266 e. The minimum absolute atomic E-state index is 0.00802. The number of carbonyl (C=O) groups excluding carboxylic acids is 1. The smallest absolute Gasteiger partial charge is 0.266 e. The highest BCUT2D eigenvalue weighted by Crippen LogP contribution is 2.32. The predicted molar refractivity (Wildman–Crippen MR) is 108 cm³/mol. The zero-order valence-electron chi connectivity index (χ0n) is 15.3. The third-order valence-corrected chi connectivity index (χ3v) is 5.04. The van der Waals surface area contributed by atoms with Gasteiger partial charge in [0.25, 0.3) is 5.91 Å². The number of nitrogens with zero attached hydrogens (tertiary/aromatic N) is 2. The highest BCUT2D eigenvalue weighted by Gasteiger charge is 2.31. The second-order valence-electron chi connectivity index (χ2n) is 5.90. The summed E-state index contributed by atoms with van der Waals surface area (Å²) in [6.45, 7) is 5.53. The summed E-state index contributed by atoms with van der Waals surface area (Å²) in [5.74, 6) is 0.450. The minimum Gasteiger partial charge on any atom is -0.489 e. The molecule has 0 radical (unpaired) electrons. The third kappa shape index (κ3) is 4.77. The van der Waals surface area contributed by atoms with Crippen LogP contribution in [0.15, 0.2) is 58.4 Å². The molecule has 1 amide bonds. The first-order chi connectivity index (χ1) is 13.1. The van der Waals surface area contributed by atoms with Crippen molar-refractivity contribution in [3.63, 3.8) is 0 Å². The number of amidine groups is 1. The molecule has 140 valence electrons. The van der Waals surface area contributed by atoms with Crippen LogP contribution in [0.3, 0.4) is 0 Å². The molecule has 0 N–H and O–H groups in total. The van der Waals surface area contributed by atoms with Gasteiger partial charge in [0.2, 0.25) is 0 Å². The Morgan fingerprint density at radius 1 is 1.11 bits per heavy atom. The fourth-order valence-corrected chi connectivity index (χ4v) is 3.70. The molecule has 6 heteroatoms. The van der Waals surface area contributed by atoms with Gasteiger partial charge in [-0.25, -0.2) is 4.39 Å². The average Bonchev–Trinajstić information content (AvgIpc) is 2.97. The fourth-order valence-electron chi connectivity index (χ4n) is 2.60. The maximum absolute atomic E-state index is 12.9. The maximum atomic E-state index is 12.9. The van der Waals surface area contributed by atoms with Crippen molar-refractivity contribution in [3.05, 3.63) is 70.4 Å². The number of hydrogen-bond acceptors (Lipinski definition) is 4. The van der Waals surface area contributed by atoms with E-state index in [1.165, 1.54) is 23.9 Å². The van der Waals surface area contributed by atoms with Crippen molar-refractivity contribution in [2.24, 2.45) is 4.99 Å². The summed E-state index contributed by atoms with van der Waals surface area (Å²) in [6.07, 6.45) is 1.87. The molecule has 2 aromatic carbocycles. The molecule has 4 nitrogen and oxygen atoms in total. The Morgan fingerprint density at radius 2 is 1.81 bits per heavy atom. The first-order valence-corrected chi connectivity index (χ1v) is 9.65. The second kappa shape index (κ2) is 8.86. The molecule has 1 heterocycles. The molecule has 1 aliphatic heterocycles. The van der Waals surface area contributed by atoms with Gasteiger partial charge in [-0.15, -0.1) is 0 Å². The highest BCUT2D eigenvalue weighted by atomic mass is 32.2. The Bertz CT molecular complexity index is 861. The SMILES string of the molecule is CCN=C1S/C(=C\c2ccc(OCc3ccc(F)cc3)cc2)C(=O)N1CC. The van der Waals surface area contributed by atoms with Crippen LogP contribution >= 0.6 is 11.8 Å². The van der Waals surface area contributed by atoms with Crippen molar-refractivity contribution in [1.82, 2.24) is 4.90 Å². The van der Waals surface area contributed by atoms with E-state index in [-0.39, 0.29) is 11.7 Å². The van der Waals surface area contributed by atoms with E-state index in [0.29, 0.717) is 24.6 Å². The molecule has 2 aromatic rings. The van der Waals surface area contributed by atoms with Crippen LogP contribution in [0.25, 0.3) is 6.08 Å². The Balaban J connectivity index is 1.66. The zero-order chi connectivity index (χ0) is 19.2. The van der Waals surface area contributed by atoms with Gasteiger partial charge >= 0.3 is 0 Å². The molecule has 0 atom stereocenters. The summed E-state index contributed by atoms with van der Waals surface area (Å²) in [7, 11) is 0. The standard InChI is InChI=1S/C21H21FN2O2S/c1-3-23-21-24(4-2)20(25)19(27-21)13-15-7-11-18(12-8-15)26-14-16-5-9-17(22)10-6-16/h5-13H,3-4,14H2,1-2H3/b19-13-,23-21?. The van der Waals surface area contributed by atoms with Crippen LogP contribution in [-0.4, -0.2) is 29.1 Å². The van der Waals surface area contributed by atoms with Crippen LogP contribution in [0.1, 0.15) is 25.0 Å². The van der Waals surface area contributed by atoms with Gasteiger partial charge in [0, 0.05) is 13.1 Å². The first-order valence-electron chi connectivity index (χ1n) is 8.84. The summed E-state index contributed by atoms with van der Waals surface area (Å²) in [6, 6.07) is 13.8. The average molecular weight is 384 g/mol. The van der Waals surface area contributed by atoms with E-state index in [4.69, 9.17) is 4.74 Å². The molecule has 0 saturated carbocycles. The minimum atomic E-state index is -0.260. The van der Waals surface area contributed by atoms with Crippen molar-refractivity contribution in [1.29, 1.82) is 0 Å². The van der Waals surface area contributed by atoms with Crippen molar-refractivity contribution < 1.29 is 13.9 Å². The number of rotatable bonds is 6. The lowest BCUT2D eigenvalue weighted by Gasteiger charge is -2.11. The highest BCUT2D eigenvalue weighted by molar-refractivity contribution is 8.18. The molecule has 3 rings (SSSR count). The molecule has 1 saturated heterocycles. The van der Waals surface area contributed by atoms with E-state index in [2.05, 4.69) is 4.99 Å². The molecule has 0 aromatic heterocycles. The third-order valence-electron chi connectivity index (χ3n) is 3.99. The molecule has 1 aliphatic rings. The van der Waals surface area contributed by atoms with Crippen LogP contribution in [0.5, 0.6) is 5.75 Å². The second-order valence-corrected chi connectivity index (χ2v) is 6.91. The molecule has 0 spiro atoms. The number of carbonyl (C=O) groups is 1. The van der Waals surface area contributed by atoms with Gasteiger partial charge in [-0.2, -0.15) is 0 Å². The van der Waals surface area contributed by atoms with Gasteiger partial charge in [-0.3, -0.25) is 14.7 Å². The lowest BCUT2D eigenvalue weighted by molar-refractivity contribution is -0.122. The number of halogens is 1. The van der Waals surface area contributed by atoms with Crippen molar-refractivity contribution >= 4 is 28.9 Å². The van der Waals surface area contributed by atoms with Crippen molar-refractivity contribution in [3.8, 4) is 5.75 Å². The van der Waals surface area contributed by atoms with E-state index in [1.54, 1.807) is 17.0 Å². The monoisotopic (exact) mass is 384 g/mol. The number of aliphatic imine (C=N–C) groups is 1. The lowest BCUT2D eigenvalue weighted by Crippen LogP contribution is -2.28. The van der Waals surface area contributed by atoms with Crippen LogP contribution in [-0.2, 0) is 11.4 Å². The summed E-state index contributed by atoms with van der Waals surface area (Å²) in [5, 5.41) is 0.760. The number of ether oxygens (including phenoxy) is 1. The summed E-state index contributed by atoms with van der Waals surface area (Å²) < 4.78 is 18.6. The number of likely N-dealkylation sites (N-methyl/N-ethyl adjacent to an activating group) is 1. The van der Waals surface area contributed by atoms with Crippen LogP contribution in [0, 0.1) is 5.82 Å². The largest absolute Gasteiger partial charge is 0.489 e. The van der Waals surface area contributed by atoms with E-state index in [1.807, 2.05) is 44.2 Å². The van der Waals surface area contributed by atoms with Crippen LogP contribution < -0.4 is 4.74 Å². The summed E-state index contributed by atoms with van der Waals surface area (Å²) in [4.78, 5) is 19.2. The first kappa shape index (κ1) is 19.2. The van der Waals surface area contributed by atoms with Crippen molar-refractivity contribution in [2.75, 3.05) is 13.1 Å². The Labute approximate surface area is 162 Å². The number of thioether (sulfide) groups is 1. The Hall–Kier alpha value is -2.60. The topological polar surface area (TPSA) is 41.9 Å². The number of hydrogen-bond donors (Lipinski definition) is 0. The van der Waals surface area contributed by atoms with Gasteiger partial charge in [0.15, 0.2) is 5.17 Å². The van der Waals surface area contributed by atoms with Gasteiger partial charge in [-0.05, 0) is 67.1 Å². The van der Waals surface area contributed by atoms with Crippen LogP contribution in [0.2, 0.25) is 0 Å². The molecule has 27 heavy (non-hydrogen) atoms. The normalized spacial score (nSPS) is 17.1. The van der Waals surface area contributed by atoms with E-state index >= 15 is 0 Å². The molecular weight excluding hydrogens is 363 g/mol. The van der Waals surface area contributed by atoms with E-state index < -0.39 is 0 Å². The summed E-state index contributed by atoms with van der Waals surface area (Å²) in [5.41, 5.74) is 1.83. The van der Waals surface area contributed by atoms with Gasteiger partial charge < -0.3 is 4.74 Å². The summed E-state index contributed by atoms with van der Waals surface area (Å²) >= 11 is 1.41. The fraction of sp³-hybridized carbons (Fsp3) is 0.238. The van der Waals surface area contributed by atoms with Gasteiger partial charge in [-0.1, -0.05) is 24.3 Å². The van der Waals surface area contributed by atoms with Crippen LogP contribution in [0.4, 0.5) is 4.39 Å². The molecule has 0 bridgehead atoms. The lowest BCUT2D eigenvalue weighted by atomic mass is 10.2. The van der Waals surface area contributed by atoms with E-state index in [9.17, 15) is 9.18 Å². The Morgan fingerprint density at radius 3 is 2.44 bits per heavy atom. The molecular formula is C21H21FN2O2S. The molecule has 0 aliphatic carbocycles. The van der Waals surface area contributed by atoms with Gasteiger partial charge in [0.05, 0.1) is 4.91 Å².